The van der Waals surface area contributed by atoms with E-state index in [0.29, 0.717) is 12.5 Å². The molecular weight excluding hydrogens is 166 g/mol. The summed E-state index contributed by atoms with van der Waals surface area (Å²) in [6, 6.07) is 0. The van der Waals surface area contributed by atoms with E-state index >= 15 is 0 Å². The number of hydrogen-bond donors (Lipinski definition) is 2. The molecule has 3 nitrogen and oxygen atoms in total. The average Bonchev–Trinajstić information content (AvgIpc) is 2.04. The van der Waals surface area contributed by atoms with Crippen molar-refractivity contribution in [1.82, 2.24) is 4.90 Å². The smallest absolute Gasteiger partial charge is 0.0639 e. The SMILES string of the molecule is C[C@@H](O)CN1CCCC(CCO)C1. The minimum atomic E-state index is -0.229. The van der Waals surface area contributed by atoms with Crippen molar-refractivity contribution in [3.63, 3.8) is 0 Å². The predicted molar refractivity (Wildman–Crippen MR) is 52.5 cm³/mol. The van der Waals surface area contributed by atoms with E-state index in [1.165, 1.54) is 12.8 Å². The molecule has 2 atom stereocenters. The van der Waals surface area contributed by atoms with E-state index in [1.807, 2.05) is 6.92 Å². The Balaban J connectivity index is 2.24. The summed E-state index contributed by atoms with van der Waals surface area (Å²) in [5.74, 6) is 0.637. The third-order valence-corrected chi connectivity index (χ3v) is 2.66. The molecule has 1 saturated heterocycles. The van der Waals surface area contributed by atoms with Crippen LogP contribution in [0.4, 0.5) is 0 Å². The second kappa shape index (κ2) is 5.58. The van der Waals surface area contributed by atoms with Gasteiger partial charge in [-0.05, 0) is 38.6 Å². The summed E-state index contributed by atoms with van der Waals surface area (Å²) in [5, 5.41) is 18.0. The summed E-state index contributed by atoms with van der Waals surface area (Å²) in [7, 11) is 0. The van der Waals surface area contributed by atoms with Crippen LogP contribution in [-0.4, -0.2) is 47.5 Å². The van der Waals surface area contributed by atoms with Gasteiger partial charge in [-0.15, -0.1) is 0 Å². The molecule has 0 aromatic rings. The van der Waals surface area contributed by atoms with Crippen LogP contribution >= 0.6 is 0 Å². The molecule has 0 saturated carbocycles. The van der Waals surface area contributed by atoms with Crippen LogP contribution in [0.5, 0.6) is 0 Å². The van der Waals surface area contributed by atoms with Crippen LogP contribution in [0, 0.1) is 5.92 Å². The number of aliphatic hydroxyl groups excluding tert-OH is 2. The monoisotopic (exact) mass is 187 g/mol. The fourth-order valence-corrected chi connectivity index (χ4v) is 2.11. The van der Waals surface area contributed by atoms with Crippen LogP contribution in [0.25, 0.3) is 0 Å². The van der Waals surface area contributed by atoms with Gasteiger partial charge in [0, 0.05) is 19.7 Å². The molecule has 3 heteroatoms. The van der Waals surface area contributed by atoms with E-state index in [9.17, 15) is 5.11 Å². The summed E-state index contributed by atoms with van der Waals surface area (Å²) in [6.45, 7) is 5.06. The zero-order valence-corrected chi connectivity index (χ0v) is 8.45. The first-order valence-corrected chi connectivity index (χ1v) is 5.23. The summed E-state index contributed by atoms with van der Waals surface area (Å²) in [6.07, 6.45) is 3.12. The minimum Gasteiger partial charge on any atom is -0.396 e. The third-order valence-electron chi connectivity index (χ3n) is 2.66. The van der Waals surface area contributed by atoms with Gasteiger partial charge in [0.2, 0.25) is 0 Å². The summed E-state index contributed by atoms with van der Waals surface area (Å²) < 4.78 is 0. The summed E-state index contributed by atoms with van der Waals surface area (Å²) >= 11 is 0. The van der Waals surface area contributed by atoms with Gasteiger partial charge in [-0.25, -0.2) is 0 Å². The maximum atomic E-state index is 9.23. The van der Waals surface area contributed by atoms with E-state index in [2.05, 4.69) is 4.90 Å². The standard InChI is InChI=1S/C10H21NO2/c1-9(13)7-11-5-2-3-10(8-11)4-6-12/h9-10,12-13H,2-8H2,1H3/t9-,10?/m1/s1. The van der Waals surface area contributed by atoms with E-state index in [-0.39, 0.29) is 6.10 Å². The van der Waals surface area contributed by atoms with Gasteiger partial charge >= 0.3 is 0 Å². The highest BCUT2D eigenvalue weighted by Gasteiger charge is 2.19. The largest absolute Gasteiger partial charge is 0.396 e. The lowest BCUT2D eigenvalue weighted by molar-refractivity contribution is 0.0874. The van der Waals surface area contributed by atoms with E-state index < -0.39 is 0 Å². The second-order valence-corrected chi connectivity index (χ2v) is 4.13. The highest BCUT2D eigenvalue weighted by atomic mass is 16.3. The molecule has 0 aliphatic carbocycles. The molecule has 13 heavy (non-hydrogen) atoms. The van der Waals surface area contributed by atoms with Gasteiger partial charge in [0.15, 0.2) is 0 Å². The number of hydrogen-bond acceptors (Lipinski definition) is 3. The van der Waals surface area contributed by atoms with Gasteiger partial charge < -0.3 is 15.1 Å². The molecule has 1 aliphatic heterocycles. The van der Waals surface area contributed by atoms with Crippen molar-refractivity contribution in [2.75, 3.05) is 26.2 Å². The lowest BCUT2D eigenvalue weighted by Crippen LogP contribution is -2.39. The second-order valence-electron chi connectivity index (χ2n) is 4.13. The van der Waals surface area contributed by atoms with Crippen LogP contribution in [-0.2, 0) is 0 Å². The molecule has 2 N–H and O–H groups in total. The van der Waals surface area contributed by atoms with Gasteiger partial charge in [-0.3, -0.25) is 0 Å². The van der Waals surface area contributed by atoms with Crippen molar-refractivity contribution in [3.05, 3.63) is 0 Å². The van der Waals surface area contributed by atoms with Crippen LogP contribution in [0.3, 0.4) is 0 Å². The normalized spacial score (nSPS) is 27.5. The molecule has 1 heterocycles. The lowest BCUT2D eigenvalue weighted by atomic mass is 9.95. The fourth-order valence-electron chi connectivity index (χ4n) is 2.11. The average molecular weight is 187 g/mol. The maximum absolute atomic E-state index is 9.23. The van der Waals surface area contributed by atoms with Gasteiger partial charge in [0.05, 0.1) is 6.10 Å². The first kappa shape index (κ1) is 11.0. The number of rotatable bonds is 4. The number of likely N-dealkylation sites (tertiary alicyclic amines) is 1. The van der Waals surface area contributed by atoms with Crippen molar-refractivity contribution in [2.45, 2.75) is 32.3 Å². The molecule has 78 valence electrons. The quantitative estimate of drug-likeness (QED) is 0.672. The topological polar surface area (TPSA) is 43.7 Å². The third kappa shape index (κ3) is 4.07. The lowest BCUT2D eigenvalue weighted by Gasteiger charge is -2.33. The van der Waals surface area contributed by atoms with E-state index in [4.69, 9.17) is 5.11 Å². The Bertz CT molecular complexity index is 137. The Morgan fingerprint density at radius 3 is 2.92 bits per heavy atom. The van der Waals surface area contributed by atoms with Gasteiger partial charge in [-0.2, -0.15) is 0 Å². The Morgan fingerprint density at radius 2 is 2.31 bits per heavy atom. The highest BCUT2D eigenvalue weighted by Crippen LogP contribution is 2.19. The zero-order chi connectivity index (χ0) is 9.68. The van der Waals surface area contributed by atoms with Crippen molar-refractivity contribution in [2.24, 2.45) is 5.92 Å². The minimum absolute atomic E-state index is 0.229. The Labute approximate surface area is 80.4 Å². The molecule has 1 aliphatic rings. The molecule has 0 bridgehead atoms. The summed E-state index contributed by atoms with van der Waals surface area (Å²) in [4.78, 5) is 2.30. The Kier molecular flexibility index (Phi) is 4.70. The van der Waals surface area contributed by atoms with Crippen molar-refractivity contribution < 1.29 is 10.2 Å². The molecule has 1 unspecified atom stereocenters. The van der Waals surface area contributed by atoms with Crippen molar-refractivity contribution >= 4 is 0 Å². The predicted octanol–water partition coefficient (Wildman–Crippen LogP) is 0.462. The molecule has 0 aromatic heterocycles. The molecular formula is C10H21NO2. The van der Waals surface area contributed by atoms with E-state index in [0.717, 1.165) is 26.1 Å². The van der Waals surface area contributed by atoms with Crippen molar-refractivity contribution in [1.29, 1.82) is 0 Å². The van der Waals surface area contributed by atoms with Crippen molar-refractivity contribution in [3.8, 4) is 0 Å². The van der Waals surface area contributed by atoms with E-state index in [1.54, 1.807) is 0 Å². The highest BCUT2D eigenvalue weighted by molar-refractivity contribution is 4.73. The first-order chi connectivity index (χ1) is 6.22. The maximum Gasteiger partial charge on any atom is 0.0639 e. The number of nitrogens with zero attached hydrogens (tertiary/aromatic N) is 1. The number of β-amino-alcohol motifs (C(OH)–C–C–N with tert-alkyl or cyclic N) is 1. The van der Waals surface area contributed by atoms with Crippen LogP contribution in [0.1, 0.15) is 26.2 Å². The molecule has 0 radical (unpaired) electrons. The van der Waals surface area contributed by atoms with Crippen LogP contribution in [0.15, 0.2) is 0 Å². The number of piperidine rings is 1. The molecule has 0 aromatic carbocycles. The summed E-state index contributed by atoms with van der Waals surface area (Å²) in [5.41, 5.74) is 0. The fraction of sp³-hybridized carbons (Fsp3) is 1.00. The first-order valence-electron chi connectivity index (χ1n) is 5.23. The molecule has 1 rings (SSSR count). The molecule has 1 fully saturated rings. The molecule has 0 spiro atoms. The van der Waals surface area contributed by atoms with Gasteiger partial charge in [0.1, 0.15) is 0 Å². The van der Waals surface area contributed by atoms with Crippen LogP contribution in [0.2, 0.25) is 0 Å². The Morgan fingerprint density at radius 1 is 1.54 bits per heavy atom. The van der Waals surface area contributed by atoms with Gasteiger partial charge in [0.25, 0.3) is 0 Å². The number of aliphatic hydroxyl groups is 2. The molecule has 0 amide bonds. The van der Waals surface area contributed by atoms with Gasteiger partial charge in [-0.1, -0.05) is 0 Å². The van der Waals surface area contributed by atoms with Crippen LogP contribution < -0.4 is 0 Å². The zero-order valence-electron chi connectivity index (χ0n) is 8.45. The Hall–Kier alpha value is -0.120.